The number of fused-ring (bicyclic) bond motifs is 1. The lowest BCUT2D eigenvalue weighted by Crippen LogP contribution is -2.12. The van der Waals surface area contributed by atoms with Crippen molar-refractivity contribution in [1.82, 2.24) is 8.96 Å². The van der Waals surface area contributed by atoms with E-state index in [1.165, 1.54) is 22.6 Å². The van der Waals surface area contributed by atoms with E-state index in [1.807, 2.05) is 37.3 Å². The van der Waals surface area contributed by atoms with Gasteiger partial charge in [0.1, 0.15) is 0 Å². The van der Waals surface area contributed by atoms with Crippen LogP contribution < -0.4 is 0 Å². The summed E-state index contributed by atoms with van der Waals surface area (Å²) in [4.78, 5) is 17.2. The van der Waals surface area contributed by atoms with Crippen LogP contribution in [0.2, 0.25) is 0 Å². The number of Topliss-reactive ketones (excluding diaryl/α,β-unsaturated/α-hetero) is 1. The van der Waals surface area contributed by atoms with Gasteiger partial charge in [0.15, 0.2) is 5.78 Å². The Morgan fingerprint density at radius 1 is 1.00 bits per heavy atom. The molecule has 0 unspecified atom stereocenters. The van der Waals surface area contributed by atoms with Crippen molar-refractivity contribution >= 4 is 26.7 Å². The fourth-order valence-electron chi connectivity index (χ4n) is 3.16. The van der Waals surface area contributed by atoms with Gasteiger partial charge < -0.3 is 0 Å². The number of rotatable bonds is 5. The molecule has 5 nitrogen and oxygen atoms in total. The summed E-state index contributed by atoms with van der Waals surface area (Å²) in [7, 11) is -3.83. The number of aryl methyl sites for hydroxylation is 1. The molecule has 0 aliphatic rings. The van der Waals surface area contributed by atoms with Crippen LogP contribution in [0.5, 0.6) is 0 Å². The number of pyridine rings is 1. The van der Waals surface area contributed by atoms with Gasteiger partial charge in [-0.25, -0.2) is 12.4 Å². The summed E-state index contributed by atoms with van der Waals surface area (Å²) in [6, 6.07) is 17.6. The second-order valence-corrected chi connectivity index (χ2v) is 8.45. The van der Waals surface area contributed by atoms with Crippen molar-refractivity contribution in [3.63, 3.8) is 0 Å². The third-order valence-corrected chi connectivity index (χ3v) is 6.35. The Morgan fingerprint density at radius 3 is 2.43 bits per heavy atom. The highest BCUT2D eigenvalue weighted by Gasteiger charge is 2.23. The Hall–Kier alpha value is -3.25. The van der Waals surface area contributed by atoms with Gasteiger partial charge in [0.25, 0.3) is 10.0 Å². The third kappa shape index (κ3) is 3.23. The maximum atomic E-state index is 13.2. The molecule has 0 spiro atoms. The van der Waals surface area contributed by atoms with Crippen LogP contribution in [0, 0.1) is 6.92 Å². The Balaban J connectivity index is 1.83. The molecule has 0 aliphatic carbocycles. The van der Waals surface area contributed by atoms with Gasteiger partial charge in [0, 0.05) is 36.0 Å². The molecule has 6 heteroatoms. The molecule has 0 radical (unpaired) electrons. The highest BCUT2D eigenvalue weighted by molar-refractivity contribution is 7.90. The average molecular weight is 390 g/mol. The van der Waals surface area contributed by atoms with Crippen LogP contribution >= 0.6 is 0 Å². The lowest BCUT2D eigenvalue weighted by Gasteiger charge is -2.07. The summed E-state index contributed by atoms with van der Waals surface area (Å²) in [5, 5.41) is 0.527. The van der Waals surface area contributed by atoms with Gasteiger partial charge >= 0.3 is 0 Å². The predicted octanol–water partition coefficient (Wildman–Crippen LogP) is 4.01. The maximum absolute atomic E-state index is 13.2. The van der Waals surface area contributed by atoms with E-state index in [-0.39, 0.29) is 17.1 Å². The minimum atomic E-state index is -3.83. The lowest BCUT2D eigenvalue weighted by molar-refractivity contribution is 0.0994. The number of hydrogen-bond donors (Lipinski definition) is 0. The minimum Gasteiger partial charge on any atom is -0.294 e. The number of aromatic nitrogens is 2. The number of benzene rings is 2. The van der Waals surface area contributed by atoms with Crippen LogP contribution in [-0.4, -0.2) is 23.2 Å². The monoisotopic (exact) mass is 390 g/mol. The van der Waals surface area contributed by atoms with E-state index < -0.39 is 10.0 Å². The van der Waals surface area contributed by atoms with Gasteiger partial charge in [-0.1, -0.05) is 48.0 Å². The topological polar surface area (TPSA) is 69.0 Å². The van der Waals surface area contributed by atoms with Crippen molar-refractivity contribution in [3.05, 3.63) is 95.9 Å². The molecule has 140 valence electrons. The van der Waals surface area contributed by atoms with Crippen LogP contribution in [0.4, 0.5) is 0 Å². The van der Waals surface area contributed by atoms with E-state index in [2.05, 4.69) is 4.98 Å². The van der Waals surface area contributed by atoms with Gasteiger partial charge in [0.05, 0.1) is 10.4 Å². The normalized spacial score (nSPS) is 11.6. The number of carbonyl (C=O) groups excluding carboxylic acids is 1. The van der Waals surface area contributed by atoms with Gasteiger partial charge in [-0.05, 0) is 30.7 Å². The summed E-state index contributed by atoms with van der Waals surface area (Å²) in [6.07, 6.45) is 4.66. The summed E-state index contributed by atoms with van der Waals surface area (Å²) in [6.45, 7) is 1.90. The summed E-state index contributed by atoms with van der Waals surface area (Å²) < 4.78 is 27.5. The number of hydrogen-bond acceptors (Lipinski definition) is 4. The largest absolute Gasteiger partial charge is 0.294 e. The molecular weight excluding hydrogens is 372 g/mol. The zero-order valence-electron chi connectivity index (χ0n) is 15.2. The smallest absolute Gasteiger partial charge is 0.268 e. The first-order chi connectivity index (χ1) is 13.5. The van der Waals surface area contributed by atoms with E-state index in [0.29, 0.717) is 16.5 Å². The van der Waals surface area contributed by atoms with Crippen LogP contribution in [0.3, 0.4) is 0 Å². The average Bonchev–Trinajstić information content (AvgIpc) is 3.10. The van der Waals surface area contributed by atoms with Crippen molar-refractivity contribution in [3.8, 4) is 0 Å². The first kappa shape index (κ1) is 18.1. The van der Waals surface area contributed by atoms with E-state index in [9.17, 15) is 13.2 Å². The van der Waals surface area contributed by atoms with Gasteiger partial charge in [-0.3, -0.25) is 9.78 Å². The molecule has 0 saturated carbocycles. The quantitative estimate of drug-likeness (QED) is 0.483. The van der Waals surface area contributed by atoms with Crippen molar-refractivity contribution in [1.29, 1.82) is 0 Å². The second-order valence-electron chi connectivity index (χ2n) is 6.64. The molecule has 28 heavy (non-hydrogen) atoms. The van der Waals surface area contributed by atoms with Crippen LogP contribution in [0.25, 0.3) is 10.9 Å². The molecule has 4 rings (SSSR count). The zero-order chi connectivity index (χ0) is 19.7. The molecular formula is C22H18N2O3S. The van der Waals surface area contributed by atoms with Crippen molar-refractivity contribution in [2.24, 2.45) is 0 Å². The molecule has 2 aromatic heterocycles. The third-order valence-electron chi connectivity index (χ3n) is 4.66. The number of ketones is 1. The van der Waals surface area contributed by atoms with Crippen molar-refractivity contribution in [2.45, 2.75) is 18.2 Å². The molecule has 0 N–H and O–H groups in total. The summed E-state index contributed by atoms with van der Waals surface area (Å²) >= 11 is 0. The standard InChI is InChI=1S/C22H18N2O3S/c1-16-7-9-18(10-8-16)28(26,27)24-15-20(19-14-23-12-11-21(19)24)22(25)13-17-5-3-2-4-6-17/h2-12,14-15H,13H2,1H3. The second kappa shape index (κ2) is 7.05. The van der Waals surface area contributed by atoms with Gasteiger partial charge in [-0.15, -0.1) is 0 Å². The van der Waals surface area contributed by atoms with E-state index >= 15 is 0 Å². The molecule has 2 aromatic carbocycles. The highest BCUT2D eigenvalue weighted by Crippen LogP contribution is 2.26. The Morgan fingerprint density at radius 2 is 1.71 bits per heavy atom. The predicted molar refractivity (Wildman–Crippen MR) is 108 cm³/mol. The summed E-state index contributed by atoms with van der Waals surface area (Å²) in [5.74, 6) is -0.151. The molecule has 0 amide bonds. The fraction of sp³-hybridized carbons (Fsp3) is 0.0909. The van der Waals surface area contributed by atoms with E-state index in [0.717, 1.165) is 11.1 Å². The highest BCUT2D eigenvalue weighted by atomic mass is 32.2. The van der Waals surface area contributed by atoms with Gasteiger partial charge in [0.2, 0.25) is 0 Å². The van der Waals surface area contributed by atoms with Crippen LogP contribution in [0.1, 0.15) is 21.5 Å². The molecule has 0 atom stereocenters. The van der Waals surface area contributed by atoms with Crippen LogP contribution in [-0.2, 0) is 16.4 Å². The van der Waals surface area contributed by atoms with E-state index in [1.54, 1.807) is 30.3 Å². The zero-order valence-corrected chi connectivity index (χ0v) is 16.1. The van der Waals surface area contributed by atoms with Crippen LogP contribution in [0.15, 0.2) is 84.1 Å². The SMILES string of the molecule is Cc1ccc(S(=O)(=O)n2cc(C(=O)Cc3ccccc3)c3cnccc32)cc1. The molecule has 2 heterocycles. The van der Waals surface area contributed by atoms with E-state index in [4.69, 9.17) is 0 Å². The Kier molecular flexibility index (Phi) is 4.57. The Bertz CT molecular complexity index is 1260. The Labute approximate surface area is 163 Å². The molecule has 0 saturated heterocycles. The molecule has 0 fully saturated rings. The molecule has 4 aromatic rings. The minimum absolute atomic E-state index is 0.151. The van der Waals surface area contributed by atoms with Gasteiger partial charge in [-0.2, -0.15) is 0 Å². The first-order valence-corrected chi connectivity index (χ1v) is 10.3. The number of carbonyl (C=O) groups is 1. The van der Waals surface area contributed by atoms with Crippen molar-refractivity contribution in [2.75, 3.05) is 0 Å². The fourth-order valence-corrected chi connectivity index (χ4v) is 4.53. The maximum Gasteiger partial charge on any atom is 0.268 e. The first-order valence-electron chi connectivity index (χ1n) is 8.81. The van der Waals surface area contributed by atoms with Crippen molar-refractivity contribution < 1.29 is 13.2 Å². The summed E-state index contributed by atoms with van der Waals surface area (Å²) in [5.41, 5.74) is 2.63. The number of nitrogens with zero attached hydrogens (tertiary/aromatic N) is 2. The lowest BCUT2D eigenvalue weighted by atomic mass is 10.0. The molecule has 0 aliphatic heterocycles. The molecule has 0 bridgehead atoms.